The molecule has 1 aliphatic carbocycles. The van der Waals surface area contributed by atoms with Gasteiger partial charge in [0.25, 0.3) is 0 Å². The van der Waals surface area contributed by atoms with Gasteiger partial charge in [0.15, 0.2) is 0 Å². The Morgan fingerprint density at radius 2 is 1.74 bits per heavy atom. The minimum absolute atomic E-state index is 0.156. The first-order valence-electron chi connectivity index (χ1n) is 8.54. The quantitative estimate of drug-likeness (QED) is 0.538. The second-order valence-corrected chi connectivity index (χ2v) is 6.59. The average Bonchev–Trinajstić information content (AvgIpc) is 2.61. The Morgan fingerprint density at radius 3 is 2.52 bits per heavy atom. The van der Waals surface area contributed by atoms with E-state index in [1.165, 1.54) is 33.9 Å². The van der Waals surface area contributed by atoms with Crippen molar-refractivity contribution in [3.05, 3.63) is 83.2 Å². The van der Waals surface area contributed by atoms with E-state index in [9.17, 15) is 4.39 Å². The topological polar surface area (TPSA) is 0 Å². The van der Waals surface area contributed by atoms with Crippen LogP contribution in [0.4, 0.5) is 4.39 Å². The Labute approximate surface area is 137 Å². The highest BCUT2D eigenvalue weighted by molar-refractivity contribution is 5.87. The van der Waals surface area contributed by atoms with Gasteiger partial charge in [-0.05, 0) is 58.4 Å². The van der Waals surface area contributed by atoms with Crippen LogP contribution >= 0.6 is 0 Å². The van der Waals surface area contributed by atoms with Crippen LogP contribution < -0.4 is 0 Å². The molecule has 3 aromatic rings. The summed E-state index contributed by atoms with van der Waals surface area (Å²) in [5.74, 6) is 0.861. The van der Waals surface area contributed by atoms with Crippen LogP contribution in [0.25, 0.3) is 10.8 Å². The molecular weight excluding hydrogens is 283 g/mol. The van der Waals surface area contributed by atoms with Crippen LogP contribution in [0.2, 0.25) is 0 Å². The molecule has 4 rings (SSSR count). The van der Waals surface area contributed by atoms with E-state index < -0.39 is 0 Å². The molecule has 0 bridgehead atoms. The second-order valence-electron chi connectivity index (χ2n) is 6.59. The third-order valence-electron chi connectivity index (χ3n) is 5.40. The van der Waals surface area contributed by atoms with Crippen LogP contribution in [0.1, 0.15) is 42.4 Å². The largest absolute Gasteiger partial charge is 0.207 e. The maximum Gasteiger partial charge on any atom is 0.123 e. The molecule has 0 aromatic heterocycles. The van der Waals surface area contributed by atoms with E-state index in [2.05, 4.69) is 43.3 Å². The molecule has 0 saturated carbocycles. The summed E-state index contributed by atoms with van der Waals surface area (Å²) in [5.41, 5.74) is 4.17. The van der Waals surface area contributed by atoms with E-state index in [1.54, 1.807) is 12.1 Å². The zero-order valence-electron chi connectivity index (χ0n) is 13.4. The first-order valence-corrected chi connectivity index (χ1v) is 8.54. The van der Waals surface area contributed by atoms with E-state index >= 15 is 0 Å². The van der Waals surface area contributed by atoms with Crippen molar-refractivity contribution in [1.29, 1.82) is 0 Å². The molecule has 1 aliphatic rings. The zero-order valence-corrected chi connectivity index (χ0v) is 13.4. The van der Waals surface area contributed by atoms with Crippen LogP contribution in [0, 0.1) is 11.7 Å². The molecule has 0 fully saturated rings. The van der Waals surface area contributed by atoms with Gasteiger partial charge in [-0.15, -0.1) is 0 Å². The van der Waals surface area contributed by atoms with E-state index in [-0.39, 0.29) is 5.82 Å². The molecule has 116 valence electrons. The van der Waals surface area contributed by atoms with Gasteiger partial charge in [-0.2, -0.15) is 0 Å². The van der Waals surface area contributed by atoms with Crippen LogP contribution in [0.15, 0.2) is 60.7 Å². The first-order chi connectivity index (χ1) is 11.3. The summed E-state index contributed by atoms with van der Waals surface area (Å²) in [4.78, 5) is 0. The molecule has 0 nitrogen and oxygen atoms in total. The van der Waals surface area contributed by atoms with Crippen LogP contribution in [-0.2, 0) is 6.42 Å². The van der Waals surface area contributed by atoms with Gasteiger partial charge in [0.1, 0.15) is 5.82 Å². The van der Waals surface area contributed by atoms with Gasteiger partial charge >= 0.3 is 0 Å². The fourth-order valence-electron chi connectivity index (χ4n) is 4.24. The van der Waals surface area contributed by atoms with Crippen LogP contribution in [0.3, 0.4) is 0 Å². The number of fused-ring (bicyclic) bond motifs is 3. The lowest BCUT2D eigenvalue weighted by atomic mass is 9.70. The fourth-order valence-corrected chi connectivity index (χ4v) is 4.24. The molecule has 0 spiro atoms. The van der Waals surface area contributed by atoms with E-state index in [4.69, 9.17) is 0 Å². The molecule has 2 atom stereocenters. The van der Waals surface area contributed by atoms with Crippen molar-refractivity contribution in [2.45, 2.75) is 32.1 Å². The summed E-state index contributed by atoms with van der Waals surface area (Å²) in [7, 11) is 0. The minimum Gasteiger partial charge on any atom is -0.207 e. The smallest absolute Gasteiger partial charge is 0.123 e. The molecule has 0 saturated heterocycles. The first kappa shape index (κ1) is 14.4. The SMILES string of the molecule is CC[C@@H]1CCc2c(ccc3ccccc23)[C@H]1c1ccc(F)cc1. The standard InChI is InChI=1S/C22H21F/c1-2-15-9-13-20-19-6-4-3-5-16(19)10-14-21(20)22(15)17-7-11-18(23)12-8-17/h3-8,10-12,14-15,22H,2,9,13H2,1H3/t15-,22-/m1/s1. The molecule has 3 aromatic carbocycles. The van der Waals surface area contributed by atoms with Gasteiger partial charge < -0.3 is 0 Å². The van der Waals surface area contributed by atoms with Crippen molar-refractivity contribution in [3.63, 3.8) is 0 Å². The molecule has 1 heteroatoms. The number of hydrogen-bond donors (Lipinski definition) is 0. The lowest BCUT2D eigenvalue weighted by Crippen LogP contribution is -2.21. The third kappa shape index (κ3) is 2.45. The summed E-state index contributed by atoms with van der Waals surface area (Å²) in [6.45, 7) is 2.27. The highest BCUT2D eigenvalue weighted by Gasteiger charge is 2.30. The van der Waals surface area contributed by atoms with Crippen molar-refractivity contribution < 1.29 is 4.39 Å². The summed E-state index contributed by atoms with van der Waals surface area (Å²) in [6, 6.07) is 20.3. The summed E-state index contributed by atoms with van der Waals surface area (Å²) in [5, 5.41) is 2.70. The third-order valence-corrected chi connectivity index (χ3v) is 5.40. The van der Waals surface area contributed by atoms with Gasteiger partial charge in [0.2, 0.25) is 0 Å². The molecule has 0 radical (unpaired) electrons. The van der Waals surface area contributed by atoms with Gasteiger partial charge in [-0.3, -0.25) is 0 Å². The Hall–Kier alpha value is -2.15. The van der Waals surface area contributed by atoms with E-state index in [1.807, 2.05) is 12.1 Å². The summed E-state index contributed by atoms with van der Waals surface area (Å²) in [6.07, 6.45) is 3.51. The number of aryl methyl sites for hydroxylation is 1. The number of rotatable bonds is 2. The van der Waals surface area contributed by atoms with Crippen LogP contribution in [-0.4, -0.2) is 0 Å². The van der Waals surface area contributed by atoms with Crippen LogP contribution in [0.5, 0.6) is 0 Å². The summed E-state index contributed by atoms with van der Waals surface area (Å²) >= 11 is 0. The van der Waals surface area contributed by atoms with Gasteiger partial charge in [0.05, 0.1) is 0 Å². The van der Waals surface area contributed by atoms with E-state index in [0.717, 1.165) is 12.8 Å². The normalized spacial score (nSPS) is 20.4. The van der Waals surface area contributed by atoms with Crippen molar-refractivity contribution in [3.8, 4) is 0 Å². The van der Waals surface area contributed by atoms with E-state index in [0.29, 0.717) is 11.8 Å². The highest BCUT2D eigenvalue weighted by Crippen LogP contribution is 2.44. The lowest BCUT2D eigenvalue weighted by Gasteiger charge is -2.34. The second kappa shape index (κ2) is 5.81. The monoisotopic (exact) mass is 304 g/mol. The fraction of sp³-hybridized carbons (Fsp3) is 0.273. The van der Waals surface area contributed by atoms with Gasteiger partial charge in [-0.25, -0.2) is 4.39 Å². The van der Waals surface area contributed by atoms with Crippen molar-refractivity contribution in [2.24, 2.45) is 5.92 Å². The Bertz CT molecular complexity index is 832. The predicted octanol–water partition coefficient (Wildman–Crippen LogP) is 6.08. The molecule has 0 aliphatic heterocycles. The van der Waals surface area contributed by atoms with Gasteiger partial charge in [-0.1, -0.05) is 61.9 Å². The average molecular weight is 304 g/mol. The zero-order chi connectivity index (χ0) is 15.8. The van der Waals surface area contributed by atoms with Crippen molar-refractivity contribution in [2.75, 3.05) is 0 Å². The van der Waals surface area contributed by atoms with Crippen molar-refractivity contribution in [1.82, 2.24) is 0 Å². The maximum absolute atomic E-state index is 13.3. The number of halogens is 1. The van der Waals surface area contributed by atoms with Gasteiger partial charge in [0, 0.05) is 5.92 Å². The Balaban J connectivity index is 1.91. The van der Waals surface area contributed by atoms with Crippen molar-refractivity contribution >= 4 is 10.8 Å². The number of hydrogen-bond acceptors (Lipinski definition) is 0. The lowest BCUT2D eigenvalue weighted by molar-refractivity contribution is 0.398. The number of benzene rings is 3. The molecule has 0 amide bonds. The Kier molecular flexibility index (Phi) is 3.65. The molecule has 0 heterocycles. The highest BCUT2D eigenvalue weighted by atomic mass is 19.1. The molecule has 0 unspecified atom stereocenters. The maximum atomic E-state index is 13.3. The molecule has 23 heavy (non-hydrogen) atoms. The minimum atomic E-state index is -0.156. The predicted molar refractivity (Wildman–Crippen MR) is 94.3 cm³/mol. The molecule has 0 N–H and O–H groups in total. The Morgan fingerprint density at radius 1 is 0.957 bits per heavy atom. The molecular formula is C22H21F. The summed E-state index contributed by atoms with van der Waals surface area (Å²) < 4.78 is 13.3.